The molecule has 0 radical (unpaired) electrons. The van der Waals surface area contributed by atoms with E-state index in [0.29, 0.717) is 11.7 Å². The van der Waals surface area contributed by atoms with Gasteiger partial charge in [0.05, 0.1) is 19.3 Å². The normalized spacial score (nSPS) is 19.4. The van der Waals surface area contributed by atoms with Gasteiger partial charge in [0.2, 0.25) is 10.0 Å². The summed E-state index contributed by atoms with van der Waals surface area (Å²) in [5.41, 5.74) is 1.40. The molecule has 1 fully saturated rings. The van der Waals surface area contributed by atoms with Crippen LogP contribution in [0.4, 0.5) is 0 Å². The molecule has 136 valence electrons. The number of nitrogens with zero attached hydrogens (tertiary/aromatic N) is 2. The summed E-state index contributed by atoms with van der Waals surface area (Å²) in [4.78, 5) is 2.42. The fourth-order valence-electron chi connectivity index (χ4n) is 3.35. The first-order valence-corrected chi connectivity index (χ1v) is 10.5. The molecule has 0 saturated carbocycles. The molecule has 2 heterocycles. The number of piperidine rings is 1. The molecule has 1 aliphatic heterocycles. The molecular weight excluding hydrogens is 336 g/mol. The summed E-state index contributed by atoms with van der Waals surface area (Å²) in [6.07, 6.45) is 3.61. The summed E-state index contributed by atoms with van der Waals surface area (Å²) in [7, 11) is -1.63. The van der Waals surface area contributed by atoms with Crippen molar-refractivity contribution in [2.75, 3.05) is 26.4 Å². The van der Waals surface area contributed by atoms with Gasteiger partial charge in [0, 0.05) is 13.6 Å². The molecular formula is C19H26N2O3S. The third kappa shape index (κ3) is 4.93. The van der Waals surface area contributed by atoms with Crippen molar-refractivity contribution in [1.29, 1.82) is 0 Å². The first kappa shape index (κ1) is 18.2. The van der Waals surface area contributed by atoms with Crippen molar-refractivity contribution in [3.05, 3.63) is 59.5 Å². The maximum Gasteiger partial charge on any atom is 0.211 e. The van der Waals surface area contributed by atoms with E-state index in [0.717, 1.165) is 25.4 Å². The molecule has 0 unspecified atom stereocenters. The van der Waals surface area contributed by atoms with Gasteiger partial charge in [-0.15, -0.1) is 0 Å². The zero-order valence-corrected chi connectivity index (χ0v) is 15.7. The fraction of sp³-hybridized carbons (Fsp3) is 0.474. The highest BCUT2D eigenvalue weighted by molar-refractivity contribution is 7.88. The second-order valence-electron chi connectivity index (χ2n) is 6.87. The highest BCUT2D eigenvalue weighted by Crippen LogP contribution is 2.27. The number of furan rings is 1. The molecule has 25 heavy (non-hydrogen) atoms. The van der Waals surface area contributed by atoms with E-state index in [4.69, 9.17) is 4.42 Å². The Bertz CT molecular complexity index is 786. The molecule has 1 aromatic heterocycles. The lowest BCUT2D eigenvalue weighted by Crippen LogP contribution is -2.33. The van der Waals surface area contributed by atoms with Gasteiger partial charge in [-0.05, 0) is 43.0 Å². The van der Waals surface area contributed by atoms with E-state index in [2.05, 4.69) is 35.2 Å². The van der Waals surface area contributed by atoms with E-state index >= 15 is 0 Å². The van der Waals surface area contributed by atoms with Gasteiger partial charge in [0.1, 0.15) is 11.5 Å². The summed E-state index contributed by atoms with van der Waals surface area (Å²) >= 11 is 0. The fourth-order valence-corrected chi connectivity index (χ4v) is 3.71. The lowest BCUT2D eigenvalue weighted by atomic mass is 9.91. The van der Waals surface area contributed by atoms with E-state index < -0.39 is 10.0 Å². The molecule has 0 N–H and O–H groups in total. The van der Waals surface area contributed by atoms with Gasteiger partial charge in [-0.2, -0.15) is 4.31 Å². The van der Waals surface area contributed by atoms with Crippen LogP contribution in [0.3, 0.4) is 0 Å². The first-order valence-electron chi connectivity index (χ1n) is 8.68. The van der Waals surface area contributed by atoms with Gasteiger partial charge >= 0.3 is 0 Å². The second kappa shape index (κ2) is 7.72. The minimum Gasteiger partial charge on any atom is -0.463 e. The monoisotopic (exact) mass is 362 g/mol. The molecule has 2 aromatic rings. The van der Waals surface area contributed by atoms with E-state index in [-0.39, 0.29) is 6.54 Å². The summed E-state index contributed by atoms with van der Waals surface area (Å²) in [6, 6.07) is 14.5. The van der Waals surface area contributed by atoms with Crippen LogP contribution in [0.5, 0.6) is 0 Å². The van der Waals surface area contributed by atoms with E-state index in [1.807, 2.05) is 12.1 Å². The summed E-state index contributed by atoms with van der Waals surface area (Å²) < 4.78 is 30.2. The van der Waals surface area contributed by atoms with Gasteiger partial charge in [0.15, 0.2) is 0 Å². The average Bonchev–Trinajstić information content (AvgIpc) is 3.02. The molecule has 1 aliphatic rings. The topological polar surface area (TPSA) is 53.8 Å². The SMILES string of the molecule is CN(Cc1ccc(CN2CCC[C@H](c3ccccc3)C2)o1)S(C)(=O)=O. The Hall–Kier alpha value is -1.63. The van der Waals surface area contributed by atoms with Crippen LogP contribution in [0.15, 0.2) is 46.9 Å². The van der Waals surface area contributed by atoms with Crippen molar-refractivity contribution in [3.63, 3.8) is 0 Å². The summed E-state index contributed by atoms with van der Waals surface area (Å²) in [5, 5.41) is 0. The maximum atomic E-state index is 11.5. The van der Waals surface area contributed by atoms with Crippen LogP contribution in [-0.4, -0.2) is 44.0 Å². The Labute approximate surface area is 150 Å². The molecule has 6 heteroatoms. The molecule has 1 atom stereocenters. The Balaban J connectivity index is 1.59. The van der Waals surface area contributed by atoms with Crippen molar-refractivity contribution in [2.24, 2.45) is 0 Å². The van der Waals surface area contributed by atoms with Crippen LogP contribution in [0, 0.1) is 0 Å². The number of benzene rings is 1. The van der Waals surface area contributed by atoms with Crippen LogP contribution in [0.25, 0.3) is 0 Å². The summed E-state index contributed by atoms with van der Waals surface area (Å²) in [6.45, 7) is 3.14. The predicted octanol–water partition coefficient (Wildman–Crippen LogP) is 3.05. The summed E-state index contributed by atoms with van der Waals surface area (Å²) in [5.74, 6) is 2.14. The standard InChI is InChI=1S/C19H26N2O3S/c1-20(25(2,22)23)14-18-10-11-19(24-18)15-21-12-6-9-17(13-21)16-7-4-3-5-8-16/h3-5,7-8,10-11,17H,6,9,12-15H2,1-2H3/t17-/m0/s1. The second-order valence-corrected chi connectivity index (χ2v) is 8.96. The number of hydrogen-bond donors (Lipinski definition) is 0. The van der Waals surface area contributed by atoms with E-state index in [1.54, 1.807) is 7.05 Å². The van der Waals surface area contributed by atoms with Crippen molar-refractivity contribution in [1.82, 2.24) is 9.21 Å². The van der Waals surface area contributed by atoms with Crippen LogP contribution in [0.1, 0.15) is 35.8 Å². The van der Waals surface area contributed by atoms with E-state index in [1.165, 1.54) is 29.0 Å². The van der Waals surface area contributed by atoms with Gasteiger partial charge in [-0.1, -0.05) is 30.3 Å². The highest BCUT2D eigenvalue weighted by atomic mass is 32.2. The van der Waals surface area contributed by atoms with Crippen molar-refractivity contribution in [2.45, 2.75) is 31.8 Å². The largest absolute Gasteiger partial charge is 0.463 e. The van der Waals surface area contributed by atoms with Crippen LogP contribution >= 0.6 is 0 Å². The smallest absolute Gasteiger partial charge is 0.211 e. The van der Waals surface area contributed by atoms with Crippen molar-refractivity contribution >= 4 is 10.0 Å². The molecule has 1 saturated heterocycles. The molecule has 0 spiro atoms. The molecule has 3 rings (SSSR count). The molecule has 5 nitrogen and oxygen atoms in total. The Morgan fingerprint density at radius 1 is 1.16 bits per heavy atom. The molecule has 1 aromatic carbocycles. The number of rotatable bonds is 6. The van der Waals surface area contributed by atoms with Crippen LogP contribution in [-0.2, 0) is 23.1 Å². The van der Waals surface area contributed by atoms with Crippen molar-refractivity contribution < 1.29 is 12.8 Å². The third-order valence-corrected chi connectivity index (χ3v) is 6.08. The predicted molar refractivity (Wildman–Crippen MR) is 98.7 cm³/mol. The minimum absolute atomic E-state index is 0.269. The Morgan fingerprint density at radius 3 is 2.60 bits per heavy atom. The highest BCUT2D eigenvalue weighted by Gasteiger charge is 2.22. The van der Waals surface area contributed by atoms with Crippen LogP contribution in [0.2, 0.25) is 0 Å². The Morgan fingerprint density at radius 2 is 1.88 bits per heavy atom. The number of sulfonamides is 1. The number of likely N-dealkylation sites (tertiary alicyclic amines) is 1. The van der Waals surface area contributed by atoms with Gasteiger partial charge in [-0.3, -0.25) is 4.90 Å². The molecule has 0 aliphatic carbocycles. The Kier molecular flexibility index (Phi) is 5.61. The average molecular weight is 362 g/mol. The van der Waals surface area contributed by atoms with Gasteiger partial charge < -0.3 is 4.42 Å². The van der Waals surface area contributed by atoms with Gasteiger partial charge in [0.25, 0.3) is 0 Å². The lowest BCUT2D eigenvalue weighted by Gasteiger charge is -2.32. The number of hydrogen-bond acceptors (Lipinski definition) is 4. The van der Waals surface area contributed by atoms with E-state index in [9.17, 15) is 8.42 Å². The third-order valence-electron chi connectivity index (χ3n) is 4.82. The minimum atomic E-state index is -3.19. The lowest BCUT2D eigenvalue weighted by molar-refractivity contribution is 0.185. The van der Waals surface area contributed by atoms with Crippen LogP contribution < -0.4 is 0 Å². The zero-order chi connectivity index (χ0) is 17.9. The molecule has 0 bridgehead atoms. The van der Waals surface area contributed by atoms with Crippen molar-refractivity contribution in [3.8, 4) is 0 Å². The van der Waals surface area contributed by atoms with Gasteiger partial charge in [-0.25, -0.2) is 8.42 Å². The molecule has 0 amide bonds. The maximum absolute atomic E-state index is 11.5. The zero-order valence-electron chi connectivity index (χ0n) is 14.9. The quantitative estimate of drug-likeness (QED) is 0.793. The first-order chi connectivity index (χ1) is 11.9.